The van der Waals surface area contributed by atoms with Crippen LogP contribution in [-0.4, -0.2) is 39.3 Å². The molecule has 0 aromatic heterocycles. The second kappa shape index (κ2) is 8.26. The molecule has 0 spiro atoms. The molecule has 2 aromatic carbocycles. The summed E-state index contributed by atoms with van der Waals surface area (Å²) in [5.74, 6) is -0.117. The second-order valence-electron chi connectivity index (χ2n) is 5.56. The van der Waals surface area contributed by atoms with Crippen molar-refractivity contribution in [3.63, 3.8) is 0 Å². The second-order valence-corrected chi connectivity index (χ2v) is 8.45. The maximum Gasteiger partial charge on any atom is 0.243 e. The van der Waals surface area contributed by atoms with Gasteiger partial charge in [0.2, 0.25) is 15.9 Å². The van der Waals surface area contributed by atoms with Gasteiger partial charge in [0.05, 0.1) is 24.2 Å². The number of carbonyl (C=O) groups is 1. The highest BCUT2D eigenvalue weighted by atomic mass is 35.5. The van der Waals surface area contributed by atoms with Gasteiger partial charge in [0.1, 0.15) is 5.75 Å². The molecule has 0 bridgehead atoms. The maximum absolute atomic E-state index is 12.6. The highest BCUT2D eigenvalue weighted by molar-refractivity contribution is 7.89. The summed E-state index contributed by atoms with van der Waals surface area (Å²) in [4.78, 5) is 12.3. The molecule has 2 aromatic rings. The third kappa shape index (κ3) is 4.67. The summed E-state index contributed by atoms with van der Waals surface area (Å²) in [6.45, 7) is 1.39. The molecule has 0 atom stereocenters. The zero-order valence-electron chi connectivity index (χ0n) is 14.4. The fourth-order valence-corrected chi connectivity index (χ4v) is 3.74. The van der Waals surface area contributed by atoms with Crippen molar-refractivity contribution in [1.29, 1.82) is 0 Å². The number of hydrogen-bond donors (Lipinski definition) is 1. The van der Waals surface area contributed by atoms with E-state index in [1.807, 2.05) is 0 Å². The van der Waals surface area contributed by atoms with Gasteiger partial charge in [0.15, 0.2) is 0 Å². The number of likely N-dealkylation sites (N-methyl/N-ethyl adjacent to an activating group) is 1. The van der Waals surface area contributed by atoms with E-state index in [1.54, 1.807) is 25.1 Å². The Morgan fingerprint density at radius 3 is 2.50 bits per heavy atom. The molecule has 0 fully saturated rings. The van der Waals surface area contributed by atoms with Gasteiger partial charge in [-0.3, -0.25) is 4.79 Å². The SMILES string of the molecule is COc1ccc(Cl)cc1NC(=O)CN(C)S(=O)(=O)c1ccc(C)c(Cl)c1. The zero-order valence-corrected chi connectivity index (χ0v) is 16.7. The van der Waals surface area contributed by atoms with Crippen molar-refractivity contribution < 1.29 is 17.9 Å². The summed E-state index contributed by atoms with van der Waals surface area (Å²) in [7, 11) is -1.09. The van der Waals surface area contributed by atoms with Crippen molar-refractivity contribution in [1.82, 2.24) is 4.31 Å². The van der Waals surface area contributed by atoms with Crippen LogP contribution in [0.3, 0.4) is 0 Å². The first-order chi connectivity index (χ1) is 12.1. The van der Waals surface area contributed by atoms with E-state index >= 15 is 0 Å². The summed E-state index contributed by atoms with van der Waals surface area (Å²) in [5, 5.41) is 3.35. The third-order valence-electron chi connectivity index (χ3n) is 3.65. The molecule has 0 saturated heterocycles. The first-order valence-corrected chi connectivity index (χ1v) is 9.70. The normalized spacial score (nSPS) is 11.5. The Morgan fingerprint density at radius 2 is 1.88 bits per heavy atom. The standard InChI is InChI=1S/C17H18Cl2N2O4S/c1-11-4-6-13(9-14(11)19)26(23,24)21(2)10-17(22)20-15-8-12(18)5-7-16(15)25-3/h4-9H,10H2,1-3H3,(H,20,22). The fourth-order valence-electron chi connectivity index (χ4n) is 2.17. The molecule has 1 amide bonds. The van der Waals surface area contributed by atoms with E-state index in [4.69, 9.17) is 27.9 Å². The molecule has 6 nitrogen and oxygen atoms in total. The molecule has 0 unspecified atom stereocenters. The van der Waals surface area contributed by atoms with Crippen LogP contribution in [0, 0.1) is 6.92 Å². The lowest BCUT2D eigenvalue weighted by Gasteiger charge is -2.18. The lowest BCUT2D eigenvalue weighted by molar-refractivity contribution is -0.116. The Morgan fingerprint density at radius 1 is 1.19 bits per heavy atom. The number of halogens is 2. The van der Waals surface area contributed by atoms with E-state index in [9.17, 15) is 13.2 Å². The van der Waals surface area contributed by atoms with Crippen molar-refractivity contribution in [2.24, 2.45) is 0 Å². The number of anilines is 1. The zero-order chi connectivity index (χ0) is 19.5. The minimum absolute atomic E-state index is 0.0173. The lowest BCUT2D eigenvalue weighted by Crippen LogP contribution is -2.35. The molecule has 140 valence electrons. The Labute approximate surface area is 162 Å². The molecule has 0 saturated carbocycles. The van der Waals surface area contributed by atoms with Gasteiger partial charge < -0.3 is 10.1 Å². The maximum atomic E-state index is 12.6. The number of carbonyl (C=O) groups excluding carboxylic acids is 1. The van der Waals surface area contributed by atoms with Gasteiger partial charge in [-0.25, -0.2) is 8.42 Å². The topological polar surface area (TPSA) is 75.7 Å². The van der Waals surface area contributed by atoms with E-state index in [0.717, 1.165) is 9.87 Å². The lowest BCUT2D eigenvalue weighted by atomic mass is 10.2. The van der Waals surface area contributed by atoms with E-state index in [-0.39, 0.29) is 11.4 Å². The van der Waals surface area contributed by atoms with Crippen LogP contribution < -0.4 is 10.1 Å². The van der Waals surface area contributed by atoms with Crippen LogP contribution >= 0.6 is 23.2 Å². The predicted molar refractivity (Wildman–Crippen MR) is 103 cm³/mol. The van der Waals surface area contributed by atoms with Gasteiger partial charge in [-0.05, 0) is 42.8 Å². The van der Waals surface area contributed by atoms with Crippen molar-refractivity contribution in [2.75, 3.05) is 26.0 Å². The Balaban J connectivity index is 2.15. The smallest absolute Gasteiger partial charge is 0.243 e. The van der Waals surface area contributed by atoms with Crippen LogP contribution in [-0.2, 0) is 14.8 Å². The van der Waals surface area contributed by atoms with E-state index in [1.165, 1.54) is 32.4 Å². The largest absolute Gasteiger partial charge is 0.495 e. The minimum Gasteiger partial charge on any atom is -0.495 e. The van der Waals surface area contributed by atoms with E-state index in [2.05, 4.69) is 5.32 Å². The summed E-state index contributed by atoms with van der Waals surface area (Å²) in [6.07, 6.45) is 0. The first-order valence-electron chi connectivity index (χ1n) is 7.51. The quantitative estimate of drug-likeness (QED) is 0.780. The summed E-state index contributed by atoms with van der Waals surface area (Å²) in [5.41, 5.74) is 1.12. The van der Waals surface area contributed by atoms with Crippen molar-refractivity contribution in [3.8, 4) is 5.75 Å². The van der Waals surface area contributed by atoms with Crippen LogP contribution in [0.4, 0.5) is 5.69 Å². The van der Waals surface area contributed by atoms with Gasteiger partial charge in [-0.15, -0.1) is 0 Å². The van der Waals surface area contributed by atoms with Crippen molar-refractivity contribution in [3.05, 3.63) is 52.0 Å². The number of nitrogens with zero attached hydrogens (tertiary/aromatic N) is 1. The van der Waals surface area contributed by atoms with Gasteiger partial charge in [-0.1, -0.05) is 29.3 Å². The molecule has 26 heavy (non-hydrogen) atoms. The van der Waals surface area contributed by atoms with Crippen molar-refractivity contribution in [2.45, 2.75) is 11.8 Å². The number of sulfonamides is 1. The monoisotopic (exact) mass is 416 g/mol. The van der Waals surface area contributed by atoms with Crippen LogP contribution in [0.5, 0.6) is 5.75 Å². The number of aryl methyl sites for hydroxylation is 1. The van der Waals surface area contributed by atoms with Gasteiger partial charge in [0.25, 0.3) is 0 Å². The molecule has 0 aliphatic carbocycles. The molecular weight excluding hydrogens is 399 g/mol. The van der Waals surface area contributed by atoms with Gasteiger partial charge >= 0.3 is 0 Å². The number of amides is 1. The number of methoxy groups -OCH3 is 1. The Hall–Kier alpha value is -1.80. The number of rotatable bonds is 6. The molecule has 1 N–H and O–H groups in total. The summed E-state index contributed by atoms with van der Waals surface area (Å²) < 4.78 is 31.3. The molecule has 2 rings (SSSR count). The van der Waals surface area contributed by atoms with Crippen LogP contribution in [0.15, 0.2) is 41.3 Å². The van der Waals surface area contributed by atoms with Crippen LogP contribution in [0.2, 0.25) is 10.0 Å². The average Bonchev–Trinajstić information content (AvgIpc) is 2.57. The Bertz CT molecular complexity index is 932. The fraction of sp³-hybridized carbons (Fsp3) is 0.235. The van der Waals surface area contributed by atoms with Crippen molar-refractivity contribution >= 4 is 44.8 Å². The molecule has 9 heteroatoms. The molecular formula is C17H18Cl2N2O4S. The molecule has 0 aliphatic heterocycles. The minimum atomic E-state index is -3.86. The number of ether oxygens (including phenoxy) is 1. The number of benzene rings is 2. The van der Waals surface area contributed by atoms with Crippen LogP contribution in [0.1, 0.15) is 5.56 Å². The molecule has 0 aliphatic rings. The third-order valence-corrected chi connectivity index (χ3v) is 6.10. The van der Waals surface area contributed by atoms with Gasteiger partial charge in [-0.2, -0.15) is 4.31 Å². The predicted octanol–water partition coefficient (Wildman–Crippen LogP) is 3.57. The number of nitrogens with one attached hydrogen (secondary N) is 1. The summed E-state index contributed by atoms with van der Waals surface area (Å²) in [6, 6.07) is 9.17. The van der Waals surface area contributed by atoms with Crippen LogP contribution in [0.25, 0.3) is 0 Å². The first kappa shape index (κ1) is 20.5. The highest BCUT2D eigenvalue weighted by Crippen LogP contribution is 2.28. The summed E-state index contributed by atoms with van der Waals surface area (Å²) >= 11 is 11.9. The van der Waals surface area contributed by atoms with E-state index in [0.29, 0.717) is 21.5 Å². The number of hydrogen-bond acceptors (Lipinski definition) is 4. The molecule has 0 radical (unpaired) electrons. The van der Waals surface area contributed by atoms with E-state index < -0.39 is 15.9 Å². The average molecular weight is 417 g/mol. The molecule has 0 heterocycles. The van der Waals surface area contributed by atoms with Gasteiger partial charge in [0, 0.05) is 17.1 Å². The Kier molecular flexibility index (Phi) is 6.52. The highest BCUT2D eigenvalue weighted by Gasteiger charge is 2.24.